The summed E-state index contributed by atoms with van der Waals surface area (Å²) in [6.45, 7) is 10.5. The van der Waals surface area contributed by atoms with Crippen molar-refractivity contribution in [3.8, 4) is 0 Å². The molecule has 4 heteroatoms. The number of likely N-dealkylation sites (tertiary alicyclic amines) is 1. The molecular weight excluding hydrogens is 248 g/mol. The number of halogens is 1. The molecule has 0 aromatic carbocycles. The van der Waals surface area contributed by atoms with E-state index in [1.54, 1.807) is 0 Å². The first kappa shape index (κ1) is 15.8. The summed E-state index contributed by atoms with van der Waals surface area (Å²) in [5.41, 5.74) is 0.325. The van der Waals surface area contributed by atoms with E-state index in [2.05, 4.69) is 31.0 Å². The smallest absolute Gasteiger partial charge is 0.229 e. The molecule has 1 N–H and O–H groups in total. The zero-order valence-electron chi connectivity index (χ0n) is 11.9. The number of amides is 1. The van der Waals surface area contributed by atoms with Crippen LogP contribution in [0, 0.1) is 10.8 Å². The van der Waals surface area contributed by atoms with Crippen LogP contribution in [0.4, 0.5) is 0 Å². The highest BCUT2D eigenvalue weighted by Gasteiger charge is 2.41. The molecule has 1 unspecified atom stereocenters. The van der Waals surface area contributed by atoms with Gasteiger partial charge in [0.1, 0.15) is 0 Å². The molecule has 2 aliphatic rings. The average molecular weight is 275 g/mol. The van der Waals surface area contributed by atoms with Crippen molar-refractivity contribution in [1.29, 1.82) is 0 Å². The normalized spacial score (nSPS) is 30.9. The highest BCUT2D eigenvalue weighted by molar-refractivity contribution is 5.85. The van der Waals surface area contributed by atoms with E-state index in [4.69, 9.17) is 0 Å². The zero-order valence-corrected chi connectivity index (χ0v) is 12.7. The first-order valence-electron chi connectivity index (χ1n) is 6.99. The maximum atomic E-state index is 12.5. The number of carbonyl (C=O) groups is 1. The van der Waals surface area contributed by atoms with Gasteiger partial charge in [0.05, 0.1) is 5.41 Å². The minimum absolute atomic E-state index is 0. The van der Waals surface area contributed by atoms with Crippen LogP contribution >= 0.6 is 12.4 Å². The summed E-state index contributed by atoms with van der Waals surface area (Å²) in [4.78, 5) is 14.6. The Balaban J connectivity index is 0.00000162. The van der Waals surface area contributed by atoms with Gasteiger partial charge in [0, 0.05) is 19.6 Å². The van der Waals surface area contributed by atoms with Gasteiger partial charge in [-0.15, -0.1) is 12.4 Å². The average Bonchev–Trinajstić information content (AvgIpc) is 2.78. The molecule has 3 nitrogen and oxygen atoms in total. The molecule has 106 valence electrons. The third-order valence-corrected chi connectivity index (χ3v) is 5.00. The number of hydrogen-bond acceptors (Lipinski definition) is 2. The summed E-state index contributed by atoms with van der Waals surface area (Å²) in [5, 5.41) is 3.31. The second kappa shape index (κ2) is 5.79. The number of carbonyl (C=O) groups excluding carboxylic acids is 1. The molecule has 0 aromatic rings. The maximum absolute atomic E-state index is 12.5. The van der Waals surface area contributed by atoms with Gasteiger partial charge in [-0.3, -0.25) is 4.79 Å². The SMILES string of the molecule is CCC1(C)CCN(C(=O)C2(C)CCNC2)CC1.Cl. The summed E-state index contributed by atoms with van der Waals surface area (Å²) in [6, 6.07) is 0. The second-order valence-corrected chi connectivity index (χ2v) is 6.44. The van der Waals surface area contributed by atoms with Crippen molar-refractivity contribution in [2.24, 2.45) is 10.8 Å². The highest BCUT2D eigenvalue weighted by atomic mass is 35.5. The van der Waals surface area contributed by atoms with Crippen LogP contribution in [-0.2, 0) is 4.79 Å². The molecule has 0 aromatic heterocycles. The van der Waals surface area contributed by atoms with Crippen LogP contribution in [0.1, 0.15) is 46.5 Å². The number of hydrogen-bond donors (Lipinski definition) is 1. The van der Waals surface area contributed by atoms with Gasteiger partial charge in [-0.2, -0.15) is 0 Å². The Morgan fingerprint density at radius 3 is 2.28 bits per heavy atom. The zero-order chi connectivity index (χ0) is 12.5. The van der Waals surface area contributed by atoms with Crippen molar-refractivity contribution in [3.63, 3.8) is 0 Å². The number of nitrogens with one attached hydrogen (secondary N) is 1. The standard InChI is InChI=1S/C14H26N2O.ClH/c1-4-13(2)6-9-16(10-7-13)12(17)14(3)5-8-15-11-14;/h15H,4-11H2,1-3H3;1H. The molecule has 0 saturated carbocycles. The predicted molar refractivity (Wildman–Crippen MR) is 77.1 cm³/mol. The third-order valence-electron chi connectivity index (χ3n) is 5.00. The van der Waals surface area contributed by atoms with Gasteiger partial charge in [-0.05, 0) is 38.1 Å². The van der Waals surface area contributed by atoms with Crippen LogP contribution in [0.2, 0.25) is 0 Å². The Kier molecular flexibility index (Phi) is 5.07. The largest absolute Gasteiger partial charge is 0.342 e. The first-order valence-corrected chi connectivity index (χ1v) is 6.99. The number of nitrogens with zero attached hydrogens (tertiary/aromatic N) is 1. The van der Waals surface area contributed by atoms with Crippen molar-refractivity contribution in [2.45, 2.75) is 46.5 Å². The molecule has 2 fully saturated rings. The fourth-order valence-electron chi connectivity index (χ4n) is 2.98. The third kappa shape index (κ3) is 3.00. The van der Waals surface area contributed by atoms with E-state index < -0.39 is 0 Å². The highest BCUT2D eigenvalue weighted by Crippen LogP contribution is 2.36. The van der Waals surface area contributed by atoms with Gasteiger partial charge < -0.3 is 10.2 Å². The van der Waals surface area contributed by atoms with Crippen LogP contribution in [0.15, 0.2) is 0 Å². The Bertz CT molecular complexity index is 292. The minimum atomic E-state index is -0.139. The molecular formula is C14H27ClN2O. The summed E-state index contributed by atoms with van der Waals surface area (Å²) >= 11 is 0. The van der Waals surface area contributed by atoms with Crippen molar-refractivity contribution < 1.29 is 4.79 Å². The van der Waals surface area contributed by atoms with E-state index in [-0.39, 0.29) is 17.8 Å². The van der Waals surface area contributed by atoms with Crippen molar-refractivity contribution in [2.75, 3.05) is 26.2 Å². The van der Waals surface area contributed by atoms with Crippen LogP contribution in [0.5, 0.6) is 0 Å². The Morgan fingerprint density at radius 1 is 1.22 bits per heavy atom. The van der Waals surface area contributed by atoms with Crippen LogP contribution < -0.4 is 5.32 Å². The van der Waals surface area contributed by atoms with Crippen LogP contribution in [0.25, 0.3) is 0 Å². The Labute approximate surface area is 117 Å². The van der Waals surface area contributed by atoms with Crippen molar-refractivity contribution in [3.05, 3.63) is 0 Å². The van der Waals surface area contributed by atoms with Gasteiger partial charge in [0.15, 0.2) is 0 Å². The summed E-state index contributed by atoms with van der Waals surface area (Å²) in [6.07, 6.45) is 4.55. The minimum Gasteiger partial charge on any atom is -0.342 e. The first-order chi connectivity index (χ1) is 7.99. The summed E-state index contributed by atoms with van der Waals surface area (Å²) in [7, 11) is 0. The van der Waals surface area contributed by atoms with E-state index in [0.29, 0.717) is 11.3 Å². The fraction of sp³-hybridized carbons (Fsp3) is 0.929. The van der Waals surface area contributed by atoms with Crippen LogP contribution in [-0.4, -0.2) is 37.0 Å². The lowest BCUT2D eigenvalue weighted by Gasteiger charge is -2.41. The van der Waals surface area contributed by atoms with E-state index in [0.717, 1.165) is 32.6 Å². The van der Waals surface area contributed by atoms with Crippen LogP contribution in [0.3, 0.4) is 0 Å². The molecule has 2 aliphatic heterocycles. The van der Waals surface area contributed by atoms with E-state index in [1.807, 2.05) is 0 Å². The maximum Gasteiger partial charge on any atom is 0.229 e. The lowest BCUT2D eigenvalue weighted by molar-refractivity contribution is -0.142. The van der Waals surface area contributed by atoms with Gasteiger partial charge >= 0.3 is 0 Å². The quantitative estimate of drug-likeness (QED) is 0.839. The van der Waals surface area contributed by atoms with Gasteiger partial charge in [0.25, 0.3) is 0 Å². The molecule has 18 heavy (non-hydrogen) atoms. The molecule has 0 aliphatic carbocycles. The molecule has 1 amide bonds. The molecule has 0 spiro atoms. The molecule has 2 heterocycles. The molecule has 1 atom stereocenters. The van der Waals surface area contributed by atoms with Gasteiger partial charge in [-0.25, -0.2) is 0 Å². The monoisotopic (exact) mass is 274 g/mol. The summed E-state index contributed by atoms with van der Waals surface area (Å²) in [5.74, 6) is 0.376. The van der Waals surface area contributed by atoms with Gasteiger partial charge in [0.2, 0.25) is 5.91 Å². The lowest BCUT2D eigenvalue weighted by Crippen LogP contribution is -2.48. The predicted octanol–water partition coefficient (Wildman–Crippen LogP) is 2.45. The number of rotatable bonds is 2. The molecule has 0 bridgehead atoms. The fourth-order valence-corrected chi connectivity index (χ4v) is 2.98. The molecule has 2 saturated heterocycles. The topological polar surface area (TPSA) is 32.3 Å². The van der Waals surface area contributed by atoms with Crippen molar-refractivity contribution in [1.82, 2.24) is 10.2 Å². The number of piperidine rings is 1. The molecule has 2 rings (SSSR count). The molecule has 0 radical (unpaired) electrons. The van der Waals surface area contributed by atoms with E-state index in [1.165, 1.54) is 19.3 Å². The Hall–Kier alpha value is -0.280. The van der Waals surface area contributed by atoms with Gasteiger partial charge in [-0.1, -0.05) is 20.3 Å². The lowest BCUT2D eigenvalue weighted by atomic mass is 9.77. The summed E-state index contributed by atoms with van der Waals surface area (Å²) < 4.78 is 0. The second-order valence-electron chi connectivity index (χ2n) is 6.44. The van der Waals surface area contributed by atoms with E-state index in [9.17, 15) is 4.79 Å². The van der Waals surface area contributed by atoms with E-state index >= 15 is 0 Å². The van der Waals surface area contributed by atoms with Crippen molar-refractivity contribution >= 4 is 18.3 Å². The Morgan fingerprint density at radius 2 is 1.83 bits per heavy atom.